The number of carboxylic acids is 2. The summed E-state index contributed by atoms with van der Waals surface area (Å²) >= 11 is 0. The minimum atomic E-state index is -0.805. The SMILES string of the molecule is NCc1ccc(N2CC(CN3CCC(CC(=O)O)CC3)OC2=O)cc1.NCc1ccc(N2CC(CN3CCCC3C(=O)O)OC2=O)cc1. The molecule has 4 aliphatic heterocycles. The number of rotatable bonds is 11. The van der Waals surface area contributed by atoms with Crippen LogP contribution in [0.5, 0.6) is 0 Å². The van der Waals surface area contributed by atoms with Gasteiger partial charge in [0.1, 0.15) is 18.2 Å². The van der Waals surface area contributed by atoms with Gasteiger partial charge >= 0.3 is 24.1 Å². The van der Waals surface area contributed by atoms with Crippen molar-refractivity contribution in [2.24, 2.45) is 17.4 Å². The van der Waals surface area contributed by atoms with Crippen LogP contribution in [-0.4, -0.2) is 108 Å². The summed E-state index contributed by atoms with van der Waals surface area (Å²) in [6, 6.07) is 14.6. The van der Waals surface area contributed by atoms with E-state index in [0.29, 0.717) is 45.7 Å². The number of cyclic esters (lactones) is 2. The van der Waals surface area contributed by atoms with Crippen LogP contribution in [0.25, 0.3) is 0 Å². The minimum absolute atomic E-state index is 0.155. The average molecular weight is 667 g/mol. The van der Waals surface area contributed by atoms with E-state index in [9.17, 15) is 24.3 Å². The fraction of sp³-hybridized carbons (Fsp3) is 0.529. The number of ether oxygens (including phenoxy) is 2. The molecule has 4 heterocycles. The van der Waals surface area contributed by atoms with Gasteiger partial charge in [-0.1, -0.05) is 24.3 Å². The van der Waals surface area contributed by atoms with Crippen LogP contribution in [0.1, 0.15) is 43.2 Å². The number of hydrogen-bond donors (Lipinski definition) is 4. The summed E-state index contributed by atoms with van der Waals surface area (Å²) in [5.74, 6) is -1.27. The van der Waals surface area contributed by atoms with Crippen LogP contribution in [-0.2, 0) is 32.2 Å². The molecule has 0 aliphatic carbocycles. The largest absolute Gasteiger partial charge is 0.481 e. The average Bonchev–Trinajstić information content (AvgIpc) is 3.80. The van der Waals surface area contributed by atoms with Gasteiger partial charge in [0, 0.05) is 44.0 Å². The third kappa shape index (κ3) is 9.01. The highest BCUT2D eigenvalue weighted by atomic mass is 16.6. The lowest BCUT2D eigenvalue weighted by molar-refractivity contribution is -0.142. The van der Waals surface area contributed by atoms with Crippen LogP contribution in [0.15, 0.2) is 48.5 Å². The summed E-state index contributed by atoms with van der Waals surface area (Å²) < 4.78 is 10.9. The van der Waals surface area contributed by atoms with Crippen LogP contribution in [0.3, 0.4) is 0 Å². The van der Waals surface area contributed by atoms with E-state index in [1.807, 2.05) is 53.4 Å². The van der Waals surface area contributed by atoms with E-state index in [1.54, 1.807) is 9.80 Å². The molecule has 4 aliphatic rings. The number of piperidine rings is 1. The van der Waals surface area contributed by atoms with E-state index < -0.39 is 18.0 Å². The number of likely N-dealkylation sites (tertiary alicyclic amines) is 2. The van der Waals surface area contributed by atoms with E-state index in [-0.39, 0.29) is 36.7 Å². The Balaban J connectivity index is 0.000000188. The number of carbonyl (C=O) groups is 4. The fourth-order valence-corrected chi connectivity index (χ4v) is 6.77. The molecule has 260 valence electrons. The molecule has 48 heavy (non-hydrogen) atoms. The van der Waals surface area contributed by atoms with Gasteiger partial charge in [-0.3, -0.25) is 29.2 Å². The number of nitrogens with two attached hydrogens (primary N) is 2. The second-order valence-electron chi connectivity index (χ2n) is 12.8. The molecule has 14 nitrogen and oxygen atoms in total. The topological polar surface area (TPSA) is 192 Å². The van der Waals surface area contributed by atoms with Crippen LogP contribution in [0.4, 0.5) is 21.0 Å². The van der Waals surface area contributed by atoms with Crippen molar-refractivity contribution in [1.82, 2.24) is 9.80 Å². The molecule has 2 aromatic carbocycles. The second kappa shape index (κ2) is 16.2. The molecule has 4 saturated heterocycles. The predicted molar refractivity (Wildman–Crippen MR) is 178 cm³/mol. The van der Waals surface area contributed by atoms with Gasteiger partial charge < -0.3 is 31.2 Å². The van der Waals surface area contributed by atoms with Crippen molar-refractivity contribution in [3.05, 3.63) is 59.7 Å². The molecule has 6 N–H and O–H groups in total. The lowest BCUT2D eigenvalue weighted by Crippen LogP contribution is -2.41. The van der Waals surface area contributed by atoms with E-state index in [1.165, 1.54) is 0 Å². The summed E-state index contributed by atoms with van der Waals surface area (Å²) in [6.45, 7) is 5.51. The fourth-order valence-electron chi connectivity index (χ4n) is 6.77. The monoisotopic (exact) mass is 666 g/mol. The third-order valence-corrected chi connectivity index (χ3v) is 9.43. The number of carboxylic acid groups (broad SMARTS) is 2. The molecule has 3 unspecified atom stereocenters. The summed E-state index contributed by atoms with van der Waals surface area (Å²) in [4.78, 5) is 53.6. The van der Waals surface area contributed by atoms with Gasteiger partial charge in [0.15, 0.2) is 0 Å². The van der Waals surface area contributed by atoms with Gasteiger partial charge in [0.05, 0.1) is 13.1 Å². The molecule has 14 heteroatoms. The lowest BCUT2D eigenvalue weighted by Gasteiger charge is -2.32. The number of anilines is 2. The summed E-state index contributed by atoms with van der Waals surface area (Å²) in [7, 11) is 0. The zero-order chi connectivity index (χ0) is 34.2. The first-order valence-electron chi connectivity index (χ1n) is 16.6. The quantitative estimate of drug-likeness (QED) is 0.275. The zero-order valence-electron chi connectivity index (χ0n) is 27.1. The van der Waals surface area contributed by atoms with E-state index >= 15 is 0 Å². The zero-order valence-corrected chi connectivity index (χ0v) is 27.1. The summed E-state index contributed by atoms with van der Waals surface area (Å²) in [5, 5.41) is 18.1. The highest BCUT2D eigenvalue weighted by Crippen LogP contribution is 2.27. The molecular weight excluding hydrogens is 620 g/mol. The minimum Gasteiger partial charge on any atom is -0.481 e. The Hall–Kier alpha value is -4.24. The van der Waals surface area contributed by atoms with Crippen LogP contribution < -0.4 is 21.3 Å². The van der Waals surface area contributed by atoms with Crippen molar-refractivity contribution in [2.75, 3.05) is 55.6 Å². The van der Waals surface area contributed by atoms with Crippen molar-refractivity contribution >= 4 is 35.5 Å². The molecule has 6 rings (SSSR count). The van der Waals surface area contributed by atoms with Gasteiger partial charge in [0.2, 0.25) is 0 Å². The normalized spacial score (nSPS) is 23.5. The Kier molecular flexibility index (Phi) is 11.9. The molecule has 0 saturated carbocycles. The van der Waals surface area contributed by atoms with E-state index in [2.05, 4.69) is 4.90 Å². The molecule has 2 amide bonds. The Bertz CT molecular complexity index is 1420. The maximum absolute atomic E-state index is 12.1. The first-order valence-corrected chi connectivity index (χ1v) is 16.6. The van der Waals surface area contributed by atoms with Gasteiger partial charge in [-0.15, -0.1) is 0 Å². The maximum Gasteiger partial charge on any atom is 0.414 e. The molecule has 2 aromatic rings. The van der Waals surface area contributed by atoms with Gasteiger partial charge in [-0.05, 0) is 86.6 Å². The lowest BCUT2D eigenvalue weighted by atomic mass is 9.93. The highest BCUT2D eigenvalue weighted by molar-refractivity contribution is 5.90. The molecular formula is C34H46N6O8. The van der Waals surface area contributed by atoms with Gasteiger partial charge in [0.25, 0.3) is 0 Å². The highest BCUT2D eigenvalue weighted by Gasteiger charge is 2.38. The van der Waals surface area contributed by atoms with Crippen molar-refractivity contribution in [3.63, 3.8) is 0 Å². The smallest absolute Gasteiger partial charge is 0.414 e. The van der Waals surface area contributed by atoms with E-state index in [0.717, 1.165) is 61.4 Å². The molecule has 0 aromatic heterocycles. The van der Waals surface area contributed by atoms with Crippen LogP contribution >= 0.6 is 0 Å². The molecule has 3 atom stereocenters. The number of benzene rings is 2. The van der Waals surface area contributed by atoms with Crippen molar-refractivity contribution in [1.29, 1.82) is 0 Å². The Morgan fingerprint density at radius 2 is 1.23 bits per heavy atom. The Morgan fingerprint density at radius 1 is 0.729 bits per heavy atom. The number of aliphatic carboxylic acids is 2. The number of hydrogen-bond acceptors (Lipinski definition) is 10. The maximum atomic E-state index is 12.1. The van der Waals surface area contributed by atoms with Crippen LogP contribution in [0, 0.1) is 5.92 Å². The molecule has 0 radical (unpaired) electrons. The van der Waals surface area contributed by atoms with Crippen molar-refractivity contribution < 1.29 is 38.9 Å². The standard InChI is InChI=1S/C18H25N3O4.C16H21N3O4/c19-10-14-1-3-15(4-2-14)21-12-16(25-18(21)24)11-20-7-5-13(6-8-20)9-17(22)23;17-8-11-3-5-12(6-4-11)19-10-13(23-16(19)22)9-18-7-1-2-14(18)15(20)21/h1-4,13,16H,5-12,19H2,(H,22,23);3-6,13-14H,1-2,7-10,17H2,(H,20,21). The summed E-state index contributed by atoms with van der Waals surface area (Å²) in [5.41, 5.74) is 14.8. The van der Waals surface area contributed by atoms with Crippen LogP contribution in [0.2, 0.25) is 0 Å². The molecule has 4 fully saturated rings. The van der Waals surface area contributed by atoms with Gasteiger partial charge in [-0.2, -0.15) is 0 Å². The van der Waals surface area contributed by atoms with E-state index in [4.69, 9.17) is 26.0 Å². The molecule has 0 spiro atoms. The second-order valence-corrected chi connectivity index (χ2v) is 12.8. The first kappa shape index (κ1) is 35.1. The Labute approximate surface area is 280 Å². The number of amides is 2. The first-order chi connectivity index (χ1) is 23.1. The Morgan fingerprint density at radius 3 is 1.69 bits per heavy atom. The van der Waals surface area contributed by atoms with Crippen molar-refractivity contribution in [2.45, 2.75) is 63.4 Å². The molecule has 0 bridgehead atoms. The predicted octanol–water partition coefficient (Wildman–Crippen LogP) is 2.68. The van der Waals surface area contributed by atoms with Gasteiger partial charge in [-0.25, -0.2) is 9.59 Å². The summed E-state index contributed by atoms with van der Waals surface area (Å²) in [6.07, 6.45) is 2.37. The van der Waals surface area contributed by atoms with Crippen molar-refractivity contribution in [3.8, 4) is 0 Å². The third-order valence-electron chi connectivity index (χ3n) is 9.43. The number of nitrogens with zero attached hydrogens (tertiary/aromatic N) is 4. The number of carbonyl (C=O) groups excluding carboxylic acids is 2.